The highest BCUT2D eigenvalue weighted by molar-refractivity contribution is 7.14. The second kappa shape index (κ2) is 11.8. The van der Waals surface area contributed by atoms with Crippen LogP contribution in [0.1, 0.15) is 11.3 Å². The molecule has 0 amide bonds. The molecule has 0 fully saturated rings. The summed E-state index contributed by atoms with van der Waals surface area (Å²) in [6.45, 7) is 0.281. The van der Waals surface area contributed by atoms with E-state index in [4.69, 9.17) is 13.9 Å². The van der Waals surface area contributed by atoms with Gasteiger partial charge in [0.25, 0.3) is 0 Å². The minimum absolute atomic E-state index is 0.281. The topological polar surface area (TPSA) is 117 Å². The number of nitrogens with zero attached hydrogens (tertiary/aromatic N) is 5. The minimum atomic E-state index is -0.433. The highest BCUT2D eigenvalue weighted by Gasteiger charge is 2.13. The largest absolute Gasteiger partial charge is 0.497 e. The Bertz CT molecular complexity index is 2170. The van der Waals surface area contributed by atoms with Crippen LogP contribution in [-0.2, 0) is 6.61 Å². The molecule has 0 aliphatic rings. The Hall–Kier alpha value is -5.81. The van der Waals surface area contributed by atoms with Crippen LogP contribution in [0.5, 0.6) is 11.5 Å². The van der Waals surface area contributed by atoms with Crippen LogP contribution >= 0.6 is 11.3 Å². The zero-order valence-electron chi connectivity index (χ0n) is 23.4. The van der Waals surface area contributed by atoms with Crippen molar-refractivity contribution in [3.63, 3.8) is 0 Å². The third-order valence-corrected chi connectivity index (χ3v) is 7.69. The normalized spacial score (nSPS) is 11.4. The quantitative estimate of drug-likeness (QED) is 0.0844. The van der Waals surface area contributed by atoms with Gasteiger partial charge in [-0.15, -0.1) is 16.4 Å². The first-order chi connectivity index (χ1) is 21.6. The molecule has 0 radical (unpaired) electrons. The van der Waals surface area contributed by atoms with E-state index in [0.717, 1.165) is 33.2 Å². The highest BCUT2D eigenvalue weighted by atomic mass is 32.1. The Morgan fingerprint density at radius 3 is 2.64 bits per heavy atom. The Morgan fingerprint density at radius 1 is 0.977 bits per heavy atom. The molecule has 7 aromatic rings. The molecule has 11 heteroatoms. The van der Waals surface area contributed by atoms with Gasteiger partial charge in [-0.05, 0) is 77.0 Å². The Morgan fingerprint density at radius 2 is 1.80 bits per heavy atom. The molecule has 7 rings (SSSR count). The monoisotopic (exact) mass is 600 g/mol. The number of aromatic nitrogens is 4. The highest BCUT2D eigenvalue weighted by Crippen LogP contribution is 2.29. The van der Waals surface area contributed by atoms with E-state index in [-0.39, 0.29) is 6.61 Å². The molecule has 0 unspecified atom stereocenters. The number of hydrazone groups is 1. The molecule has 0 bridgehead atoms. The summed E-state index contributed by atoms with van der Waals surface area (Å²) >= 11 is 1.35. The Balaban J connectivity index is 0.971. The molecule has 0 saturated carbocycles. The van der Waals surface area contributed by atoms with Gasteiger partial charge in [-0.1, -0.05) is 35.5 Å². The molecular weight excluding hydrogens is 576 g/mol. The zero-order chi connectivity index (χ0) is 29.9. The number of ether oxygens (including phenoxy) is 2. The second-order valence-electron chi connectivity index (χ2n) is 9.76. The molecule has 3 aromatic heterocycles. The van der Waals surface area contributed by atoms with E-state index in [1.807, 2.05) is 103 Å². The van der Waals surface area contributed by atoms with E-state index in [1.165, 1.54) is 11.3 Å². The fourth-order valence-corrected chi connectivity index (χ4v) is 5.35. The fourth-order valence-electron chi connectivity index (χ4n) is 4.69. The van der Waals surface area contributed by atoms with Gasteiger partial charge >= 0.3 is 5.63 Å². The maximum Gasteiger partial charge on any atom is 0.345 e. The summed E-state index contributed by atoms with van der Waals surface area (Å²) in [4.78, 5) is 17.3. The first-order valence-corrected chi connectivity index (χ1v) is 14.5. The first-order valence-electron chi connectivity index (χ1n) is 13.6. The van der Waals surface area contributed by atoms with E-state index >= 15 is 0 Å². The van der Waals surface area contributed by atoms with Crippen LogP contribution in [0.3, 0.4) is 0 Å². The molecule has 4 aromatic carbocycles. The SMILES string of the molecule is COc1ccc(-n2cc(COc3ccc(/C=N/Nc4nc(-c5cc6c(ccc7ccccc76)oc5=O)cs4)cc3)nn2)cc1. The number of nitrogens with one attached hydrogen (secondary N) is 1. The molecule has 0 spiro atoms. The van der Waals surface area contributed by atoms with Crippen molar-refractivity contribution in [1.29, 1.82) is 0 Å². The van der Waals surface area contributed by atoms with Gasteiger partial charge in [0.1, 0.15) is 29.4 Å². The van der Waals surface area contributed by atoms with Gasteiger partial charge in [-0.3, -0.25) is 5.43 Å². The molecule has 44 heavy (non-hydrogen) atoms. The van der Waals surface area contributed by atoms with Crippen molar-refractivity contribution < 1.29 is 13.9 Å². The lowest BCUT2D eigenvalue weighted by Crippen LogP contribution is -2.03. The number of fused-ring (bicyclic) bond motifs is 3. The van der Waals surface area contributed by atoms with Gasteiger partial charge in [0.15, 0.2) is 0 Å². The predicted molar refractivity (Wildman–Crippen MR) is 171 cm³/mol. The lowest BCUT2D eigenvalue weighted by atomic mass is 10.0. The lowest BCUT2D eigenvalue weighted by Gasteiger charge is -2.04. The van der Waals surface area contributed by atoms with Crippen LogP contribution in [0.4, 0.5) is 5.13 Å². The van der Waals surface area contributed by atoms with E-state index in [2.05, 4.69) is 25.8 Å². The van der Waals surface area contributed by atoms with Gasteiger partial charge in [0, 0.05) is 10.8 Å². The van der Waals surface area contributed by atoms with E-state index in [9.17, 15) is 4.79 Å². The average molecular weight is 601 g/mol. The van der Waals surface area contributed by atoms with Crippen LogP contribution in [-0.4, -0.2) is 33.3 Å². The summed E-state index contributed by atoms with van der Waals surface area (Å²) in [6, 6.07) is 28.7. The maximum atomic E-state index is 12.7. The molecule has 10 nitrogen and oxygen atoms in total. The van der Waals surface area contributed by atoms with Crippen LogP contribution in [0, 0.1) is 0 Å². The van der Waals surface area contributed by atoms with Crippen LogP contribution in [0.25, 0.3) is 38.7 Å². The van der Waals surface area contributed by atoms with Gasteiger partial charge < -0.3 is 13.9 Å². The van der Waals surface area contributed by atoms with Crippen LogP contribution in [0.15, 0.2) is 117 Å². The third-order valence-electron chi connectivity index (χ3n) is 6.94. The van der Waals surface area contributed by atoms with Gasteiger partial charge in [-0.25, -0.2) is 14.5 Å². The Labute approximate surface area is 254 Å². The van der Waals surface area contributed by atoms with Gasteiger partial charge in [-0.2, -0.15) is 5.10 Å². The molecule has 0 aliphatic heterocycles. The number of hydrogen-bond donors (Lipinski definition) is 1. The van der Waals surface area contributed by atoms with Crippen molar-refractivity contribution in [2.24, 2.45) is 5.10 Å². The molecule has 3 heterocycles. The number of thiazole rings is 1. The summed E-state index contributed by atoms with van der Waals surface area (Å²) < 4.78 is 18.4. The minimum Gasteiger partial charge on any atom is -0.497 e. The van der Waals surface area contributed by atoms with Gasteiger partial charge in [0.05, 0.1) is 36.5 Å². The maximum absolute atomic E-state index is 12.7. The molecular formula is C33H24N6O4S. The second-order valence-corrected chi connectivity index (χ2v) is 10.6. The molecule has 1 N–H and O–H groups in total. The summed E-state index contributed by atoms with van der Waals surface area (Å²) in [5.74, 6) is 1.47. The van der Waals surface area contributed by atoms with E-state index in [0.29, 0.717) is 33.4 Å². The predicted octanol–water partition coefficient (Wildman–Crippen LogP) is 6.68. The number of anilines is 1. The third kappa shape index (κ3) is 5.63. The fraction of sp³-hybridized carbons (Fsp3) is 0.0606. The molecule has 0 aliphatic carbocycles. The number of hydrogen-bond acceptors (Lipinski definition) is 10. The summed E-state index contributed by atoms with van der Waals surface area (Å²) in [5.41, 5.74) is 6.44. The van der Waals surface area contributed by atoms with Crippen molar-refractivity contribution in [2.45, 2.75) is 6.61 Å². The van der Waals surface area contributed by atoms with Gasteiger partial charge in [0.2, 0.25) is 5.13 Å². The average Bonchev–Trinajstić information content (AvgIpc) is 3.74. The zero-order valence-corrected chi connectivity index (χ0v) is 24.2. The van der Waals surface area contributed by atoms with Crippen molar-refractivity contribution in [3.05, 3.63) is 124 Å². The smallest absolute Gasteiger partial charge is 0.345 e. The summed E-state index contributed by atoms with van der Waals surface area (Å²) in [6.07, 6.45) is 3.51. The lowest BCUT2D eigenvalue weighted by molar-refractivity contribution is 0.301. The van der Waals surface area contributed by atoms with Crippen molar-refractivity contribution in [2.75, 3.05) is 12.5 Å². The van der Waals surface area contributed by atoms with Crippen molar-refractivity contribution in [1.82, 2.24) is 20.0 Å². The standard InChI is InChI=1S/C33H24N6O4S/c1-41-25-13-9-24(10-14-25)39-18-23(36-38-39)19-42-26-11-6-21(7-12-26)17-34-37-33-35-30(20-44-33)29-16-28-27-5-3-2-4-22(27)8-15-31(28)43-32(29)40/h2-18,20H,19H2,1H3,(H,35,37)/b34-17+. The number of rotatable bonds is 9. The van der Waals surface area contributed by atoms with Crippen LogP contribution in [0.2, 0.25) is 0 Å². The molecule has 0 saturated heterocycles. The molecule has 216 valence electrons. The Kier molecular flexibility index (Phi) is 7.27. The van der Waals surface area contributed by atoms with Crippen molar-refractivity contribution >= 4 is 44.4 Å². The summed E-state index contributed by atoms with van der Waals surface area (Å²) in [7, 11) is 1.63. The number of benzene rings is 4. The number of methoxy groups -OCH3 is 1. The summed E-state index contributed by atoms with van der Waals surface area (Å²) in [5, 5.41) is 18.0. The van der Waals surface area contributed by atoms with Crippen LogP contribution < -0.4 is 20.5 Å². The van der Waals surface area contributed by atoms with Crippen molar-refractivity contribution in [3.8, 4) is 28.4 Å². The first kappa shape index (κ1) is 27.0. The molecule has 0 atom stereocenters. The van der Waals surface area contributed by atoms with E-state index < -0.39 is 5.63 Å². The van der Waals surface area contributed by atoms with E-state index in [1.54, 1.807) is 18.0 Å².